The molecular formula is C28H20Cl3F4N3O. The lowest BCUT2D eigenvalue weighted by Gasteiger charge is -2.34. The molecular weight excluding hydrogens is 577 g/mol. The minimum absolute atomic E-state index is 0.0265. The molecule has 1 amide bonds. The number of nitrogen functional groups attached to an aromatic ring is 1. The van der Waals surface area contributed by atoms with Crippen LogP contribution < -0.4 is 16.4 Å². The maximum atomic E-state index is 14.3. The second kappa shape index (κ2) is 9.81. The molecule has 0 aromatic heterocycles. The zero-order valence-electron chi connectivity index (χ0n) is 20.1. The summed E-state index contributed by atoms with van der Waals surface area (Å²) in [5.41, 5.74) is 4.65. The summed E-state index contributed by atoms with van der Waals surface area (Å²) in [5.74, 6) is -6.41. The van der Waals surface area contributed by atoms with Gasteiger partial charge in [-0.3, -0.25) is 4.79 Å². The first kappa shape index (κ1) is 27.4. The number of halogens is 7. The molecule has 3 unspecified atom stereocenters. The number of nitrogens with two attached hydrogens (primary N) is 1. The molecule has 0 saturated heterocycles. The van der Waals surface area contributed by atoms with E-state index >= 15 is 0 Å². The highest BCUT2D eigenvalue weighted by molar-refractivity contribution is 6.44. The van der Waals surface area contributed by atoms with Gasteiger partial charge in [0.25, 0.3) is 11.8 Å². The third-order valence-corrected chi connectivity index (χ3v) is 8.13. The van der Waals surface area contributed by atoms with Crippen LogP contribution in [0.5, 0.6) is 0 Å². The van der Waals surface area contributed by atoms with Gasteiger partial charge in [0.1, 0.15) is 16.3 Å². The Hall–Kier alpha value is -3.12. The van der Waals surface area contributed by atoms with Crippen LogP contribution in [-0.4, -0.2) is 16.8 Å². The van der Waals surface area contributed by atoms with Crippen LogP contribution in [0.15, 0.2) is 54.6 Å². The van der Waals surface area contributed by atoms with E-state index in [4.69, 9.17) is 40.5 Å². The molecule has 4 atom stereocenters. The van der Waals surface area contributed by atoms with Crippen LogP contribution >= 0.6 is 34.8 Å². The maximum Gasteiger partial charge on any atom is 0.271 e. The van der Waals surface area contributed by atoms with Crippen molar-refractivity contribution in [1.82, 2.24) is 0 Å². The predicted molar refractivity (Wildman–Crippen MR) is 145 cm³/mol. The van der Waals surface area contributed by atoms with Crippen LogP contribution in [0.25, 0.3) is 0 Å². The van der Waals surface area contributed by atoms with E-state index in [1.54, 1.807) is 6.07 Å². The van der Waals surface area contributed by atoms with Crippen LogP contribution in [0.3, 0.4) is 0 Å². The molecule has 2 aliphatic rings. The van der Waals surface area contributed by atoms with Crippen molar-refractivity contribution in [2.75, 3.05) is 16.4 Å². The molecule has 4 nitrogen and oxygen atoms in total. The number of anilines is 3. The van der Waals surface area contributed by atoms with Crippen molar-refractivity contribution in [3.8, 4) is 0 Å². The fourth-order valence-electron chi connectivity index (χ4n) is 5.17. The molecule has 0 bridgehead atoms. The zero-order valence-corrected chi connectivity index (χ0v) is 22.4. The Balaban J connectivity index is 1.38. The average Bonchev–Trinajstić information content (AvgIpc) is 3.61. The van der Waals surface area contributed by atoms with E-state index in [1.165, 1.54) is 24.3 Å². The third kappa shape index (κ3) is 4.77. The molecule has 2 aliphatic carbocycles. The van der Waals surface area contributed by atoms with Crippen LogP contribution in [0, 0.1) is 35.1 Å². The molecule has 1 saturated carbocycles. The van der Waals surface area contributed by atoms with Gasteiger partial charge in [-0.25, -0.2) is 17.6 Å². The molecule has 4 N–H and O–H groups in total. The lowest BCUT2D eigenvalue weighted by Crippen LogP contribution is -2.37. The van der Waals surface area contributed by atoms with E-state index in [-0.39, 0.29) is 39.7 Å². The standard InChI is InChI=1S/C28H20Cl3F4N3O/c1-27(34,35)14-4-2-3-13(11-14)21-22(25(30)31)28(21)10-9-20(28)37-15-5-6-17(29)16(12-15)26(39)38-19-8-7-18(32)24(36)23(19)33/h4-12,20-22,25,37H,36H2,1H3,(H,38,39)/t20?,21-,22?,28?/m1/s1. The monoisotopic (exact) mass is 595 g/mol. The summed E-state index contributed by atoms with van der Waals surface area (Å²) in [4.78, 5) is 12.1. The van der Waals surface area contributed by atoms with Gasteiger partial charge in [0.2, 0.25) is 0 Å². The van der Waals surface area contributed by atoms with Gasteiger partial charge < -0.3 is 16.4 Å². The highest BCUT2D eigenvalue weighted by atomic mass is 35.5. The van der Waals surface area contributed by atoms with E-state index in [1.807, 2.05) is 12.2 Å². The van der Waals surface area contributed by atoms with E-state index < -0.39 is 39.4 Å². The fourth-order valence-corrected chi connectivity index (χ4v) is 6.10. The van der Waals surface area contributed by atoms with Gasteiger partial charge in [0.15, 0.2) is 5.82 Å². The quantitative estimate of drug-likeness (QED) is 0.113. The molecule has 202 valence electrons. The number of benzene rings is 2. The van der Waals surface area contributed by atoms with Crippen molar-refractivity contribution in [2.24, 2.45) is 11.3 Å². The molecule has 39 heavy (non-hydrogen) atoms. The minimum atomic E-state index is -3.05. The number of hydrogen-bond donors (Lipinski definition) is 3. The van der Waals surface area contributed by atoms with Crippen molar-refractivity contribution in [3.63, 3.8) is 0 Å². The summed E-state index contributed by atoms with van der Waals surface area (Å²) >= 11 is 18.9. The number of amides is 1. The molecule has 0 radical (unpaired) electrons. The fraction of sp³-hybridized carbons (Fsp3) is 0.250. The van der Waals surface area contributed by atoms with Crippen molar-refractivity contribution >= 4 is 57.8 Å². The Morgan fingerprint density at radius 2 is 1.92 bits per heavy atom. The second-order valence-electron chi connectivity index (χ2n) is 9.65. The van der Waals surface area contributed by atoms with E-state index in [2.05, 4.69) is 22.8 Å². The number of carbonyl (C=O) groups excluding carboxylic acids is 1. The largest absolute Gasteiger partial charge is 0.394 e. The summed E-state index contributed by atoms with van der Waals surface area (Å²) in [6, 6.07) is 14.5. The van der Waals surface area contributed by atoms with E-state index in [0.717, 1.165) is 19.1 Å². The van der Waals surface area contributed by atoms with E-state index in [9.17, 15) is 22.4 Å². The van der Waals surface area contributed by atoms with Gasteiger partial charge in [-0.2, -0.15) is 0 Å². The highest BCUT2D eigenvalue weighted by Crippen LogP contribution is 2.73. The van der Waals surface area contributed by atoms with Crippen LogP contribution in [0.1, 0.15) is 34.3 Å². The Bertz CT molecular complexity index is 1490. The number of alkyl halides is 4. The van der Waals surface area contributed by atoms with Crippen molar-refractivity contribution in [2.45, 2.75) is 29.6 Å². The molecule has 5 rings (SSSR count). The topological polar surface area (TPSA) is 67.2 Å². The van der Waals surface area contributed by atoms with Crippen molar-refractivity contribution in [3.05, 3.63) is 100 Å². The van der Waals surface area contributed by atoms with Gasteiger partial charge in [0, 0.05) is 41.0 Å². The van der Waals surface area contributed by atoms with Gasteiger partial charge in [-0.1, -0.05) is 35.9 Å². The summed E-state index contributed by atoms with van der Waals surface area (Å²) in [7, 11) is 0. The molecule has 0 heterocycles. The average molecular weight is 597 g/mol. The summed E-state index contributed by atoms with van der Waals surface area (Å²) < 4.78 is 55.7. The number of carbonyl (C=O) groups is 1. The highest BCUT2D eigenvalue weighted by Gasteiger charge is 2.72. The summed E-state index contributed by atoms with van der Waals surface area (Å²) in [6.07, 6.45) is 3.82. The van der Waals surface area contributed by atoms with E-state index in [0.29, 0.717) is 11.3 Å². The zero-order chi connectivity index (χ0) is 28.3. The summed E-state index contributed by atoms with van der Waals surface area (Å²) in [5, 5.41) is 5.76. The number of hydrogen-bond acceptors (Lipinski definition) is 3. The molecule has 1 fully saturated rings. The van der Waals surface area contributed by atoms with Gasteiger partial charge in [-0.05, 0) is 42.5 Å². The molecule has 3 aromatic rings. The Morgan fingerprint density at radius 1 is 1.18 bits per heavy atom. The van der Waals surface area contributed by atoms with Crippen molar-refractivity contribution in [1.29, 1.82) is 0 Å². The second-order valence-corrected chi connectivity index (χ2v) is 11.2. The molecule has 3 aromatic carbocycles. The van der Waals surface area contributed by atoms with Gasteiger partial charge >= 0.3 is 0 Å². The Morgan fingerprint density at radius 3 is 2.56 bits per heavy atom. The first-order valence-corrected chi connectivity index (χ1v) is 13.0. The van der Waals surface area contributed by atoms with Crippen LogP contribution in [0.4, 0.5) is 34.6 Å². The lowest BCUT2D eigenvalue weighted by atomic mass is 9.80. The third-order valence-electron chi connectivity index (χ3n) is 7.26. The van der Waals surface area contributed by atoms with Gasteiger partial charge in [-0.15, -0.1) is 23.2 Å². The van der Waals surface area contributed by atoms with Crippen LogP contribution in [-0.2, 0) is 5.92 Å². The molecule has 11 heteroatoms. The Labute approximate surface area is 237 Å². The number of nitrogens with one attached hydrogen (secondary N) is 2. The first-order chi connectivity index (χ1) is 18.3. The van der Waals surface area contributed by atoms with Crippen LogP contribution in [0.2, 0.25) is 5.02 Å². The SMILES string of the molecule is CC(F)(F)c1cc#cc([C@@H]2C(C(Cl)Cl)C23C=CC3Nc2ccc(Cl)c(C(=O)Nc3ccc(F)c(N)c3F)c2)c1. The maximum absolute atomic E-state index is 14.3. The lowest BCUT2D eigenvalue weighted by molar-refractivity contribution is 0.0174. The molecule has 1 spiro atoms. The van der Waals surface area contributed by atoms with Gasteiger partial charge in [0.05, 0.1) is 22.3 Å². The number of rotatable bonds is 7. The minimum Gasteiger partial charge on any atom is -0.394 e. The van der Waals surface area contributed by atoms with Crippen molar-refractivity contribution < 1.29 is 22.4 Å². The smallest absolute Gasteiger partial charge is 0.271 e. The Kier molecular flexibility index (Phi) is 6.91. The predicted octanol–water partition coefficient (Wildman–Crippen LogP) is 7.72. The first-order valence-electron chi connectivity index (χ1n) is 11.7. The normalized spacial score (nSPS) is 23.4. The summed E-state index contributed by atoms with van der Waals surface area (Å²) in [6.45, 7) is 0.813. The molecule has 0 aliphatic heterocycles.